The lowest BCUT2D eigenvalue weighted by molar-refractivity contribution is 1.37. The summed E-state index contributed by atoms with van der Waals surface area (Å²) in [5.74, 6) is 0. The van der Waals surface area contributed by atoms with Gasteiger partial charge in [0, 0.05) is 47.1 Å². The van der Waals surface area contributed by atoms with E-state index < -0.39 is 0 Å². The van der Waals surface area contributed by atoms with Crippen LogP contribution in [0.4, 0.5) is 0 Å². The van der Waals surface area contributed by atoms with Crippen molar-refractivity contribution in [2.75, 3.05) is 0 Å². The van der Waals surface area contributed by atoms with Crippen LogP contribution in [0.5, 0.6) is 0 Å². The quantitative estimate of drug-likeness (QED) is 0.188. The van der Waals surface area contributed by atoms with Crippen molar-refractivity contribution in [1.82, 2.24) is 4.40 Å². The summed E-state index contributed by atoms with van der Waals surface area (Å²) in [6, 6.07) is 47.3. The second-order valence-electron chi connectivity index (χ2n) is 10.9. The summed E-state index contributed by atoms with van der Waals surface area (Å²) >= 11 is 1.91. The van der Waals surface area contributed by atoms with E-state index in [1.165, 1.54) is 90.9 Å². The Balaban J connectivity index is 1.30. The van der Waals surface area contributed by atoms with E-state index in [2.05, 4.69) is 132 Å². The van der Waals surface area contributed by atoms with Gasteiger partial charge in [-0.15, -0.1) is 11.3 Å². The monoisotopic (exact) mass is 523 g/mol. The maximum absolute atomic E-state index is 2.45. The fraction of sp³-hybridized carbons (Fsp3) is 0. The van der Waals surface area contributed by atoms with Crippen LogP contribution in [0.2, 0.25) is 0 Å². The smallest absolute Gasteiger partial charge is 0.0620 e. The zero-order chi connectivity index (χ0) is 25.9. The number of fused-ring (bicyclic) bond motifs is 14. The molecule has 0 radical (unpaired) electrons. The van der Waals surface area contributed by atoms with E-state index in [-0.39, 0.29) is 0 Å². The number of hydrogen-bond acceptors (Lipinski definition) is 1. The third-order valence-electron chi connectivity index (χ3n) is 8.90. The van der Waals surface area contributed by atoms with Gasteiger partial charge in [0.25, 0.3) is 0 Å². The van der Waals surface area contributed by atoms with Crippen molar-refractivity contribution in [3.8, 4) is 11.1 Å². The molecule has 0 aliphatic heterocycles. The van der Waals surface area contributed by atoms with Crippen molar-refractivity contribution in [3.63, 3.8) is 0 Å². The number of rotatable bonds is 1. The minimum atomic E-state index is 1.26. The van der Waals surface area contributed by atoms with E-state index in [1.807, 2.05) is 11.3 Å². The van der Waals surface area contributed by atoms with Crippen molar-refractivity contribution in [1.29, 1.82) is 0 Å². The molecule has 0 aliphatic carbocycles. The van der Waals surface area contributed by atoms with Gasteiger partial charge in [-0.05, 0) is 57.6 Å². The summed E-state index contributed by atoms with van der Waals surface area (Å²) in [6.07, 6.45) is 0. The molecule has 3 aromatic heterocycles. The van der Waals surface area contributed by atoms with Crippen molar-refractivity contribution < 1.29 is 0 Å². The normalized spacial score (nSPS) is 12.5. The SMILES string of the molecule is c1ccc2c(c1)sc1c3ccccc3c3ccc(-c4ccc5c(c4)c4cccc6c7ccccc7n5c64)cc3c21. The molecule has 0 spiro atoms. The van der Waals surface area contributed by atoms with Crippen molar-refractivity contribution >= 4 is 91.1 Å². The zero-order valence-electron chi connectivity index (χ0n) is 21.5. The lowest BCUT2D eigenvalue weighted by Gasteiger charge is -2.10. The van der Waals surface area contributed by atoms with Gasteiger partial charge >= 0.3 is 0 Å². The molecule has 1 nitrogen and oxygen atoms in total. The highest BCUT2D eigenvalue weighted by atomic mass is 32.1. The molecule has 7 aromatic carbocycles. The van der Waals surface area contributed by atoms with Gasteiger partial charge in [0.05, 0.1) is 16.6 Å². The molecule has 0 saturated carbocycles. The molecular weight excluding hydrogens is 502 g/mol. The summed E-state index contributed by atoms with van der Waals surface area (Å²) < 4.78 is 5.18. The molecule has 0 saturated heterocycles. The molecular formula is C38H21NS. The molecule has 0 aliphatic rings. The van der Waals surface area contributed by atoms with Gasteiger partial charge < -0.3 is 4.40 Å². The van der Waals surface area contributed by atoms with Crippen molar-refractivity contribution in [2.45, 2.75) is 0 Å². The maximum Gasteiger partial charge on any atom is 0.0620 e. The van der Waals surface area contributed by atoms with Crippen LogP contribution in [0, 0.1) is 0 Å². The van der Waals surface area contributed by atoms with Crippen LogP contribution in [0.25, 0.3) is 90.9 Å². The topological polar surface area (TPSA) is 4.41 Å². The largest absolute Gasteiger partial charge is 0.308 e. The lowest BCUT2D eigenvalue weighted by Crippen LogP contribution is -1.84. The van der Waals surface area contributed by atoms with Crippen LogP contribution in [-0.4, -0.2) is 4.40 Å². The first-order valence-corrected chi connectivity index (χ1v) is 14.6. The number of benzene rings is 7. The highest BCUT2D eigenvalue weighted by molar-refractivity contribution is 7.27. The third-order valence-corrected chi connectivity index (χ3v) is 10.1. The average Bonchev–Trinajstić information content (AvgIpc) is 3.68. The van der Waals surface area contributed by atoms with E-state index in [0.717, 1.165) is 0 Å². The van der Waals surface area contributed by atoms with E-state index >= 15 is 0 Å². The van der Waals surface area contributed by atoms with E-state index in [0.29, 0.717) is 0 Å². The number of thiophene rings is 1. The van der Waals surface area contributed by atoms with Crippen molar-refractivity contribution in [2.24, 2.45) is 0 Å². The number of aromatic nitrogens is 1. The first-order valence-electron chi connectivity index (χ1n) is 13.8. The van der Waals surface area contributed by atoms with Gasteiger partial charge in [0.1, 0.15) is 0 Å². The fourth-order valence-corrected chi connectivity index (χ4v) is 8.45. The van der Waals surface area contributed by atoms with Gasteiger partial charge in [0.15, 0.2) is 0 Å². The van der Waals surface area contributed by atoms with Crippen LogP contribution in [-0.2, 0) is 0 Å². The zero-order valence-corrected chi connectivity index (χ0v) is 22.3. The van der Waals surface area contributed by atoms with Gasteiger partial charge in [-0.2, -0.15) is 0 Å². The number of nitrogens with zero attached hydrogens (tertiary/aromatic N) is 1. The predicted molar refractivity (Wildman–Crippen MR) is 174 cm³/mol. The standard InChI is InChI=1S/C38H21NS/c1-2-10-29-24(8-1)25-18-16-22(21-32(25)36-30-11-4-6-15-35(30)40-38(29)36)23-17-19-34-31(20-23)28-13-7-12-27-26-9-3-5-14-33(26)39(34)37(27)28/h1-21H. The second-order valence-corrected chi connectivity index (χ2v) is 11.9. The van der Waals surface area contributed by atoms with Crippen LogP contribution < -0.4 is 0 Å². The maximum atomic E-state index is 2.45. The van der Waals surface area contributed by atoms with E-state index in [9.17, 15) is 0 Å². The molecule has 40 heavy (non-hydrogen) atoms. The fourth-order valence-electron chi connectivity index (χ4n) is 7.20. The summed E-state index contributed by atoms with van der Waals surface area (Å²) in [7, 11) is 0. The van der Waals surface area contributed by atoms with Crippen LogP contribution >= 0.6 is 11.3 Å². The third kappa shape index (κ3) is 2.53. The molecule has 0 amide bonds. The van der Waals surface area contributed by atoms with Gasteiger partial charge in [-0.1, -0.05) is 97.1 Å². The minimum Gasteiger partial charge on any atom is -0.308 e. The van der Waals surface area contributed by atoms with Gasteiger partial charge in [-0.3, -0.25) is 0 Å². The minimum absolute atomic E-state index is 1.26. The summed E-state index contributed by atoms with van der Waals surface area (Å²) in [5, 5.41) is 13.3. The Morgan fingerprint density at radius 2 is 1.00 bits per heavy atom. The summed E-state index contributed by atoms with van der Waals surface area (Å²) in [4.78, 5) is 0. The first kappa shape index (κ1) is 21.0. The summed E-state index contributed by atoms with van der Waals surface area (Å²) in [5.41, 5.74) is 6.39. The molecule has 0 fully saturated rings. The Morgan fingerprint density at radius 3 is 1.88 bits per heavy atom. The Hall–Kier alpha value is -4.92. The predicted octanol–water partition coefficient (Wildman–Crippen LogP) is 11.2. The molecule has 2 heteroatoms. The highest BCUT2D eigenvalue weighted by Gasteiger charge is 2.18. The number of para-hydroxylation sites is 2. The highest BCUT2D eigenvalue weighted by Crippen LogP contribution is 2.45. The molecule has 3 heterocycles. The second kappa shape index (κ2) is 7.38. The first-order chi connectivity index (χ1) is 19.8. The van der Waals surface area contributed by atoms with Crippen molar-refractivity contribution in [3.05, 3.63) is 127 Å². The lowest BCUT2D eigenvalue weighted by atomic mass is 9.93. The van der Waals surface area contributed by atoms with Gasteiger partial charge in [-0.25, -0.2) is 0 Å². The number of hydrogen-bond donors (Lipinski definition) is 0. The Labute approximate surface area is 233 Å². The molecule has 0 bridgehead atoms. The van der Waals surface area contributed by atoms with E-state index in [4.69, 9.17) is 0 Å². The molecule has 0 unspecified atom stereocenters. The molecule has 10 aromatic rings. The van der Waals surface area contributed by atoms with Crippen LogP contribution in [0.3, 0.4) is 0 Å². The Kier molecular flexibility index (Phi) is 3.87. The molecule has 184 valence electrons. The Bertz CT molecular complexity index is 2650. The molecule has 0 N–H and O–H groups in total. The average molecular weight is 524 g/mol. The molecule has 0 atom stereocenters. The van der Waals surface area contributed by atoms with Crippen LogP contribution in [0.1, 0.15) is 0 Å². The molecule has 10 rings (SSSR count). The Morgan fingerprint density at radius 1 is 0.400 bits per heavy atom. The summed E-state index contributed by atoms with van der Waals surface area (Å²) in [6.45, 7) is 0. The van der Waals surface area contributed by atoms with E-state index in [1.54, 1.807) is 0 Å². The van der Waals surface area contributed by atoms with Crippen LogP contribution in [0.15, 0.2) is 127 Å². The van der Waals surface area contributed by atoms with Gasteiger partial charge in [0.2, 0.25) is 0 Å².